The van der Waals surface area contributed by atoms with Crippen molar-refractivity contribution in [3.63, 3.8) is 0 Å². The monoisotopic (exact) mass is 345 g/mol. The maximum absolute atomic E-state index is 13.4. The van der Waals surface area contributed by atoms with Crippen LogP contribution in [0, 0.1) is 16.7 Å². The van der Waals surface area contributed by atoms with Gasteiger partial charge in [-0.15, -0.1) is 0 Å². The van der Waals surface area contributed by atoms with Gasteiger partial charge in [-0.1, -0.05) is 24.1 Å². The number of halogens is 1. The molecule has 5 rings (SSSR count). The minimum atomic E-state index is -0.408. The predicted molar refractivity (Wildman–Crippen MR) is 91.6 cm³/mol. The van der Waals surface area contributed by atoms with Gasteiger partial charge in [0.15, 0.2) is 0 Å². The van der Waals surface area contributed by atoms with Gasteiger partial charge in [0.05, 0.1) is 29.9 Å². The van der Waals surface area contributed by atoms with E-state index in [2.05, 4.69) is 4.90 Å². The lowest BCUT2D eigenvalue weighted by molar-refractivity contribution is -0.123. The molecule has 2 saturated carbocycles. The van der Waals surface area contributed by atoms with Crippen molar-refractivity contribution >= 4 is 29.0 Å². The molecule has 0 radical (unpaired) electrons. The molecule has 2 heterocycles. The van der Waals surface area contributed by atoms with Crippen LogP contribution in [0.15, 0.2) is 24.3 Å². The molecule has 5 nitrogen and oxygen atoms in total. The summed E-state index contributed by atoms with van der Waals surface area (Å²) in [6.45, 7) is 2.97. The summed E-state index contributed by atoms with van der Waals surface area (Å²) in [6, 6.07) is 7.29. The fourth-order valence-electron chi connectivity index (χ4n) is 5.70. The molecule has 4 aliphatic rings. The number of amides is 1. The zero-order valence-electron chi connectivity index (χ0n) is 13.4. The number of fused-ring (bicyclic) bond motifs is 1. The lowest BCUT2D eigenvalue weighted by atomic mass is 9.95. The second kappa shape index (κ2) is 4.81. The number of amidine groups is 1. The Morgan fingerprint density at radius 2 is 2.08 bits per heavy atom. The van der Waals surface area contributed by atoms with Crippen LogP contribution in [-0.2, 0) is 9.53 Å². The first-order valence-electron chi connectivity index (χ1n) is 8.66. The molecule has 2 saturated heterocycles. The van der Waals surface area contributed by atoms with Crippen LogP contribution in [0.25, 0.3) is 0 Å². The first-order valence-corrected chi connectivity index (χ1v) is 9.04. The van der Waals surface area contributed by atoms with E-state index in [1.807, 2.05) is 12.1 Å². The van der Waals surface area contributed by atoms with Crippen LogP contribution in [0.3, 0.4) is 0 Å². The average molecular weight is 346 g/mol. The van der Waals surface area contributed by atoms with Gasteiger partial charge < -0.3 is 4.74 Å². The SMILES string of the molecule is N=C1N(c2cccc(Cl)c2)C(=O)[C@]23CCC[C@H]2[C@]13N1CCOCC1. The van der Waals surface area contributed by atoms with Gasteiger partial charge >= 0.3 is 0 Å². The van der Waals surface area contributed by atoms with E-state index in [4.69, 9.17) is 21.7 Å². The lowest BCUT2D eigenvalue weighted by Crippen LogP contribution is -2.53. The summed E-state index contributed by atoms with van der Waals surface area (Å²) in [7, 11) is 0. The zero-order chi connectivity index (χ0) is 16.5. The Balaban J connectivity index is 1.60. The Hall–Kier alpha value is -1.43. The Morgan fingerprint density at radius 3 is 2.83 bits per heavy atom. The molecule has 1 N–H and O–H groups in total. The predicted octanol–water partition coefficient (Wildman–Crippen LogP) is 2.53. The van der Waals surface area contributed by atoms with E-state index in [0.717, 1.165) is 38.0 Å². The standard InChI is InChI=1S/C18H20ClN3O2/c19-12-3-1-4-13(11-12)22-15(20)18(21-7-9-24-10-8-21)14-5-2-6-17(14,18)16(22)23/h1,3-4,11,14,20H,2,5-10H2/t14-,17+,18+/m1/s1. The highest BCUT2D eigenvalue weighted by Crippen LogP contribution is 2.77. The van der Waals surface area contributed by atoms with E-state index < -0.39 is 5.54 Å². The molecule has 3 atom stereocenters. The number of piperidine rings is 1. The van der Waals surface area contributed by atoms with Gasteiger partial charge in [0.2, 0.25) is 5.91 Å². The van der Waals surface area contributed by atoms with Crippen molar-refractivity contribution in [1.82, 2.24) is 4.90 Å². The first kappa shape index (κ1) is 14.9. The van der Waals surface area contributed by atoms with Crippen molar-refractivity contribution in [3.8, 4) is 0 Å². The number of nitrogens with zero attached hydrogens (tertiary/aromatic N) is 2. The molecular weight excluding hydrogens is 326 g/mol. The van der Waals surface area contributed by atoms with Gasteiger partial charge in [0.1, 0.15) is 5.84 Å². The molecule has 6 heteroatoms. The van der Waals surface area contributed by atoms with Gasteiger partial charge in [-0.05, 0) is 31.0 Å². The van der Waals surface area contributed by atoms with Gasteiger partial charge in [-0.2, -0.15) is 0 Å². The maximum Gasteiger partial charge on any atom is 0.241 e. The molecule has 1 aromatic rings. The number of nitrogens with one attached hydrogen (secondary N) is 1. The lowest BCUT2D eigenvalue weighted by Gasteiger charge is -2.37. The number of hydrogen-bond acceptors (Lipinski definition) is 4. The third kappa shape index (κ3) is 1.50. The number of morpholine rings is 1. The molecule has 0 unspecified atom stereocenters. The molecule has 1 amide bonds. The molecule has 0 bridgehead atoms. The second-order valence-corrected chi connectivity index (χ2v) is 7.69. The second-order valence-electron chi connectivity index (χ2n) is 7.25. The van der Waals surface area contributed by atoms with E-state index in [1.54, 1.807) is 17.0 Å². The van der Waals surface area contributed by atoms with E-state index in [0.29, 0.717) is 30.0 Å². The van der Waals surface area contributed by atoms with Crippen LogP contribution in [0.5, 0.6) is 0 Å². The number of carbonyl (C=O) groups excluding carboxylic acids is 1. The number of anilines is 1. The van der Waals surface area contributed by atoms with Gasteiger partial charge in [-0.25, -0.2) is 0 Å². The van der Waals surface area contributed by atoms with E-state index in [-0.39, 0.29) is 11.3 Å². The minimum Gasteiger partial charge on any atom is -0.379 e. The van der Waals surface area contributed by atoms with Crippen molar-refractivity contribution in [2.45, 2.75) is 24.8 Å². The highest BCUT2D eigenvalue weighted by molar-refractivity contribution is 6.34. The summed E-state index contributed by atoms with van der Waals surface area (Å²) in [5, 5.41) is 9.54. The van der Waals surface area contributed by atoms with Crippen LogP contribution < -0.4 is 4.90 Å². The Morgan fingerprint density at radius 1 is 1.29 bits per heavy atom. The molecule has 1 aromatic carbocycles. The fraction of sp³-hybridized carbons (Fsp3) is 0.556. The van der Waals surface area contributed by atoms with Crippen molar-refractivity contribution in [3.05, 3.63) is 29.3 Å². The quantitative estimate of drug-likeness (QED) is 0.896. The largest absolute Gasteiger partial charge is 0.379 e. The van der Waals surface area contributed by atoms with Crippen molar-refractivity contribution in [1.29, 1.82) is 5.41 Å². The Kier molecular flexibility index (Phi) is 2.98. The van der Waals surface area contributed by atoms with Crippen molar-refractivity contribution < 1.29 is 9.53 Å². The highest BCUT2D eigenvalue weighted by atomic mass is 35.5. The summed E-state index contributed by atoms with van der Waals surface area (Å²) in [6.07, 6.45) is 3.03. The first-order chi connectivity index (χ1) is 11.6. The van der Waals surface area contributed by atoms with Crippen LogP contribution in [-0.4, -0.2) is 48.5 Å². The maximum atomic E-state index is 13.4. The van der Waals surface area contributed by atoms with Crippen LogP contribution in [0.1, 0.15) is 19.3 Å². The average Bonchev–Trinajstić information content (AvgIpc) is 2.85. The van der Waals surface area contributed by atoms with E-state index in [1.165, 1.54) is 0 Å². The smallest absolute Gasteiger partial charge is 0.241 e. The van der Waals surface area contributed by atoms with E-state index in [9.17, 15) is 4.79 Å². The van der Waals surface area contributed by atoms with Crippen LogP contribution >= 0.6 is 11.6 Å². The van der Waals surface area contributed by atoms with Crippen molar-refractivity contribution in [2.24, 2.45) is 11.3 Å². The number of hydrogen-bond donors (Lipinski definition) is 1. The number of ether oxygens (including phenoxy) is 1. The number of rotatable bonds is 2. The third-order valence-corrected chi connectivity index (χ3v) is 6.74. The van der Waals surface area contributed by atoms with Gasteiger partial charge in [-0.3, -0.25) is 20.0 Å². The minimum absolute atomic E-state index is 0.101. The van der Waals surface area contributed by atoms with Crippen LogP contribution in [0.4, 0.5) is 5.69 Å². The van der Waals surface area contributed by atoms with Gasteiger partial charge in [0.25, 0.3) is 0 Å². The van der Waals surface area contributed by atoms with E-state index >= 15 is 0 Å². The summed E-state index contributed by atoms with van der Waals surface area (Å²) >= 11 is 6.12. The summed E-state index contributed by atoms with van der Waals surface area (Å²) < 4.78 is 5.50. The summed E-state index contributed by atoms with van der Waals surface area (Å²) in [4.78, 5) is 17.4. The number of carbonyl (C=O) groups is 1. The zero-order valence-corrected chi connectivity index (χ0v) is 14.2. The molecule has 2 aliphatic heterocycles. The molecule has 4 fully saturated rings. The topological polar surface area (TPSA) is 56.6 Å². The third-order valence-electron chi connectivity index (χ3n) is 6.51. The molecule has 2 aliphatic carbocycles. The molecular formula is C18H20ClN3O2. The fourth-order valence-corrected chi connectivity index (χ4v) is 5.89. The van der Waals surface area contributed by atoms with Crippen molar-refractivity contribution in [2.75, 3.05) is 31.2 Å². The number of benzene rings is 1. The molecule has 24 heavy (non-hydrogen) atoms. The summed E-state index contributed by atoms with van der Waals surface area (Å²) in [5.74, 6) is 0.851. The van der Waals surface area contributed by atoms with Gasteiger partial charge in [0, 0.05) is 24.0 Å². The molecule has 1 spiro atoms. The summed E-state index contributed by atoms with van der Waals surface area (Å²) in [5.41, 5.74) is -0.0737. The highest BCUT2D eigenvalue weighted by Gasteiger charge is 2.90. The Bertz CT molecular complexity index is 748. The Labute approximate surface area is 146 Å². The molecule has 126 valence electrons. The molecule has 0 aromatic heterocycles. The normalized spacial score (nSPS) is 38.4. The van der Waals surface area contributed by atoms with Crippen LogP contribution in [0.2, 0.25) is 5.02 Å².